The molecular formula is C23H20ClN3O3. The third-order valence-corrected chi connectivity index (χ3v) is 4.90. The van der Waals surface area contributed by atoms with Crippen molar-refractivity contribution in [2.75, 3.05) is 17.2 Å². The standard InChI is InChI=1S/C23H20ClN3O3/c24-16-8-10-21-19(13-16)27-22(28)18-14-17(9-11-20(18)30-21)26-23(29)25-12-4-7-15-5-2-1-3-6-15/h1-3,5-6,8-11,13-14H,4,7,12H2,(H,27,28)(H2,25,26,29). The van der Waals surface area contributed by atoms with E-state index < -0.39 is 0 Å². The largest absolute Gasteiger partial charge is 0.454 e. The fraction of sp³-hybridized carbons (Fsp3) is 0.130. The Morgan fingerprint density at radius 1 is 1.00 bits per heavy atom. The zero-order chi connectivity index (χ0) is 20.9. The summed E-state index contributed by atoms with van der Waals surface area (Å²) in [6, 6.07) is 19.7. The molecule has 0 bridgehead atoms. The molecule has 0 aliphatic carbocycles. The molecule has 1 aliphatic rings. The number of aryl methyl sites for hydroxylation is 1. The summed E-state index contributed by atoms with van der Waals surface area (Å²) < 4.78 is 5.84. The highest BCUT2D eigenvalue weighted by Gasteiger charge is 2.21. The van der Waals surface area contributed by atoms with E-state index in [1.165, 1.54) is 5.56 Å². The Labute approximate surface area is 179 Å². The topological polar surface area (TPSA) is 79.5 Å². The van der Waals surface area contributed by atoms with Crippen molar-refractivity contribution in [2.24, 2.45) is 0 Å². The number of anilines is 2. The minimum atomic E-state index is -0.335. The van der Waals surface area contributed by atoms with Crippen molar-refractivity contribution in [2.45, 2.75) is 12.8 Å². The van der Waals surface area contributed by atoms with Gasteiger partial charge in [-0.2, -0.15) is 0 Å². The summed E-state index contributed by atoms with van der Waals surface area (Å²) in [5.41, 5.74) is 2.55. The van der Waals surface area contributed by atoms with Crippen LogP contribution >= 0.6 is 11.6 Å². The van der Waals surface area contributed by atoms with Gasteiger partial charge in [-0.25, -0.2) is 4.79 Å². The average Bonchev–Trinajstić information content (AvgIpc) is 2.87. The highest BCUT2D eigenvalue weighted by atomic mass is 35.5. The molecule has 0 spiro atoms. The van der Waals surface area contributed by atoms with Gasteiger partial charge in [0.15, 0.2) is 5.75 Å². The summed E-state index contributed by atoms with van der Waals surface area (Å²) in [6.07, 6.45) is 1.72. The number of carbonyl (C=O) groups is 2. The molecule has 30 heavy (non-hydrogen) atoms. The van der Waals surface area contributed by atoms with E-state index in [1.807, 2.05) is 18.2 Å². The smallest absolute Gasteiger partial charge is 0.319 e. The quantitative estimate of drug-likeness (QED) is 0.479. The van der Waals surface area contributed by atoms with Gasteiger partial charge in [-0.05, 0) is 54.8 Å². The van der Waals surface area contributed by atoms with Crippen molar-refractivity contribution < 1.29 is 14.3 Å². The van der Waals surface area contributed by atoms with Crippen LogP contribution in [0.15, 0.2) is 66.7 Å². The van der Waals surface area contributed by atoms with Crippen LogP contribution in [0.5, 0.6) is 11.5 Å². The lowest BCUT2D eigenvalue weighted by Crippen LogP contribution is -2.29. The third-order valence-electron chi connectivity index (χ3n) is 4.66. The molecule has 0 fully saturated rings. The van der Waals surface area contributed by atoms with Crippen molar-refractivity contribution in [3.05, 3.63) is 82.9 Å². The molecule has 152 valence electrons. The minimum absolute atomic E-state index is 0.323. The van der Waals surface area contributed by atoms with Crippen LogP contribution in [0.4, 0.5) is 16.2 Å². The summed E-state index contributed by atoms with van der Waals surface area (Å²) in [5, 5.41) is 8.86. The predicted molar refractivity (Wildman–Crippen MR) is 118 cm³/mol. The zero-order valence-electron chi connectivity index (χ0n) is 16.1. The first kappa shape index (κ1) is 19.8. The molecular weight excluding hydrogens is 402 g/mol. The van der Waals surface area contributed by atoms with Gasteiger partial charge in [0.1, 0.15) is 5.75 Å². The van der Waals surface area contributed by atoms with Crippen LogP contribution in [0, 0.1) is 0 Å². The first-order valence-electron chi connectivity index (χ1n) is 9.60. The monoisotopic (exact) mass is 421 g/mol. The molecule has 0 aromatic heterocycles. The number of amides is 3. The maximum absolute atomic E-state index is 12.6. The second-order valence-corrected chi connectivity index (χ2v) is 7.31. The normalized spacial score (nSPS) is 12.0. The fourth-order valence-corrected chi connectivity index (χ4v) is 3.36. The highest BCUT2D eigenvalue weighted by Crippen LogP contribution is 2.37. The first-order valence-corrected chi connectivity index (χ1v) is 9.98. The van der Waals surface area contributed by atoms with Crippen LogP contribution in [0.25, 0.3) is 0 Å². The van der Waals surface area contributed by atoms with E-state index in [0.717, 1.165) is 12.8 Å². The number of halogens is 1. The maximum Gasteiger partial charge on any atom is 0.319 e. The number of hydrogen-bond acceptors (Lipinski definition) is 3. The minimum Gasteiger partial charge on any atom is -0.454 e. The second kappa shape index (κ2) is 8.88. The summed E-state index contributed by atoms with van der Waals surface area (Å²) in [7, 11) is 0. The van der Waals surface area contributed by atoms with Crippen molar-refractivity contribution >= 4 is 34.9 Å². The second-order valence-electron chi connectivity index (χ2n) is 6.88. The Morgan fingerprint density at radius 2 is 1.80 bits per heavy atom. The molecule has 0 saturated carbocycles. The number of nitrogens with one attached hydrogen (secondary N) is 3. The first-order chi connectivity index (χ1) is 14.6. The molecule has 0 saturated heterocycles. The van der Waals surface area contributed by atoms with Crippen LogP contribution in [0.2, 0.25) is 5.02 Å². The van der Waals surface area contributed by atoms with Gasteiger partial charge in [-0.15, -0.1) is 0 Å². The Balaban J connectivity index is 1.36. The van der Waals surface area contributed by atoms with E-state index in [0.29, 0.717) is 40.0 Å². The Hall–Kier alpha value is -3.51. The molecule has 4 rings (SSSR count). The van der Waals surface area contributed by atoms with E-state index in [1.54, 1.807) is 36.4 Å². The van der Waals surface area contributed by atoms with Gasteiger partial charge in [0, 0.05) is 17.3 Å². The van der Waals surface area contributed by atoms with E-state index in [-0.39, 0.29) is 11.9 Å². The lowest BCUT2D eigenvalue weighted by Gasteiger charge is -2.11. The van der Waals surface area contributed by atoms with Crippen LogP contribution in [-0.4, -0.2) is 18.5 Å². The molecule has 1 heterocycles. The number of carbonyl (C=O) groups excluding carboxylic acids is 2. The summed E-state index contributed by atoms with van der Waals surface area (Å²) in [6.45, 7) is 0.547. The number of urea groups is 1. The van der Waals surface area contributed by atoms with E-state index in [4.69, 9.17) is 16.3 Å². The van der Waals surface area contributed by atoms with Crippen LogP contribution < -0.4 is 20.7 Å². The van der Waals surface area contributed by atoms with Crippen LogP contribution in [0.1, 0.15) is 22.3 Å². The predicted octanol–water partition coefficient (Wildman–Crippen LogP) is 5.45. The molecule has 3 aromatic carbocycles. The zero-order valence-corrected chi connectivity index (χ0v) is 16.8. The number of ether oxygens (including phenoxy) is 1. The number of benzene rings is 3. The molecule has 0 radical (unpaired) electrons. The van der Waals surface area contributed by atoms with Gasteiger partial charge in [-0.3, -0.25) is 4.79 Å². The molecule has 0 atom stereocenters. The van der Waals surface area contributed by atoms with Gasteiger partial charge in [-0.1, -0.05) is 41.9 Å². The van der Waals surface area contributed by atoms with Crippen molar-refractivity contribution in [3.63, 3.8) is 0 Å². The third kappa shape index (κ3) is 4.72. The summed E-state index contributed by atoms with van der Waals surface area (Å²) >= 11 is 6.00. The SMILES string of the molecule is O=C(NCCCc1ccccc1)Nc1ccc2c(c1)C(=O)Nc1cc(Cl)ccc1O2. The molecule has 1 aliphatic heterocycles. The van der Waals surface area contributed by atoms with Gasteiger partial charge in [0.05, 0.1) is 11.3 Å². The van der Waals surface area contributed by atoms with Crippen molar-refractivity contribution in [3.8, 4) is 11.5 Å². The van der Waals surface area contributed by atoms with Gasteiger partial charge < -0.3 is 20.7 Å². The van der Waals surface area contributed by atoms with Crippen molar-refractivity contribution in [1.29, 1.82) is 0 Å². The maximum atomic E-state index is 12.6. The van der Waals surface area contributed by atoms with E-state index >= 15 is 0 Å². The molecule has 7 heteroatoms. The number of hydrogen-bond donors (Lipinski definition) is 3. The Kier molecular flexibility index (Phi) is 5.86. The number of rotatable bonds is 5. The lowest BCUT2D eigenvalue weighted by atomic mass is 10.1. The van der Waals surface area contributed by atoms with Crippen molar-refractivity contribution in [1.82, 2.24) is 5.32 Å². The van der Waals surface area contributed by atoms with E-state index in [9.17, 15) is 9.59 Å². The molecule has 3 N–H and O–H groups in total. The fourth-order valence-electron chi connectivity index (χ4n) is 3.19. The molecule has 6 nitrogen and oxygen atoms in total. The Morgan fingerprint density at radius 3 is 2.63 bits per heavy atom. The highest BCUT2D eigenvalue weighted by molar-refractivity contribution is 6.31. The van der Waals surface area contributed by atoms with E-state index in [2.05, 4.69) is 28.1 Å². The Bertz CT molecular complexity index is 1090. The van der Waals surface area contributed by atoms with Gasteiger partial charge in [0.2, 0.25) is 0 Å². The van der Waals surface area contributed by atoms with Gasteiger partial charge >= 0.3 is 6.03 Å². The summed E-state index contributed by atoms with van der Waals surface area (Å²) in [5.74, 6) is 0.573. The number of fused-ring (bicyclic) bond motifs is 2. The van der Waals surface area contributed by atoms with Crippen LogP contribution in [-0.2, 0) is 6.42 Å². The summed E-state index contributed by atoms with van der Waals surface area (Å²) in [4.78, 5) is 24.8. The molecule has 3 amide bonds. The lowest BCUT2D eigenvalue weighted by molar-refractivity contribution is 0.102. The molecule has 3 aromatic rings. The van der Waals surface area contributed by atoms with Crippen LogP contribution in [0.3, 0.4) is 0 Å². The average molecular weight is 422 g/mol. The van der Waals surface area contributed by atoms with Gasteiger partial charge in [0.25, 0.3) is 5.91 Å². The molecule has 0 unspecified atom stereocenters.